The topological polar surface area (TPSA) is 66.5 Å². The summed E-state index contributed by atoms with van der Waals surface area (Å²) in [6, 6.07) is 9.94. The van der Waals surface area contributed by atoms with Crippen LogP contribution in [0.5, 0.6) is 0 Å². The van der Waals surface area contributed by atoms with Crippen LogP contribution in [-0.2, 0) is 10.0 Å². The van der Waals surface area contributed by atoms with Gasteiger partial charge in [0, 0.05) is 23.5 Å². The summed E-state index contributed by atoms with van der Waals surface area (Å²) in [5.41, 5.74) is 0.339. The Morgan fingerprint density at radius 1 is 1.21 bits per heavy atom. The highest BCUT2D eigenvalue weighted by atomic mass is 32.2. The van der Waals surface area contributed by atoms with Crippen molar-refractivity contribution in [2.75, 3.05) is 13.1 Å². The quantitative estimate of drug-likeness (QED) is 0.818. The minimum absolute atomic E-state index is 0.124. The zero-order chi connectivity index (χ0) is 17.7. The molecule has 0 aliphatic heterocycles. The monoisotopic (exact) mass is 366 g/mol. The van der Waals surface area contributed by atoms with E-state index in [0.717, 1.165) is 4.88 Å². The molecule has 1 aromatic carbocycles. The number of nitrogens with one attached hydrogen (secondary N) is 1. The Bertz CT molecular complexity index is 782. The minimum Gasteiger partial charge on any atom is -0.345 e. The van der Waals surface area contributed by atoms with Crippen LogP contribution in [0.1, 0.15) is 42.0 Å². The molecule has 1 amide bonds. The van der Waals surface area contributed by atoms with E-state index in [-0.39, 0.29) is 16.8 Å². The van der Waals surface area contributed by atoms with Crippen LogP contribution in [0.15, 0.2) is 46.7 Å². The van der Waals surface area contributed by atoms with Gasteiger partial charge in [-0.05, 0) is 36.6 Å². The highest BCUT2D eigenvalue weighted by Crippen LogP contribution is 2.20. The SMILES string of the molecule is CCN(CC)S(=O)(=O)c1cccc(C(=O)N[C@H](C)c2cccs2)c1. The molecule has 1 aromatic heterocycles. The van der Waals surface area contributed by atoms with Crippen molar-refractivity contribution in [1.82, 2.24) is 9.62 Å². The molecular formula is C17H22N2O3S2. The van der Waals surface area contributed by atoms with Gasteiger partial charge in [0.25, 0.3) is 5.91 Å². The van der Waals surface area contributed by atoms with Crippen molar-refractivity contribution >= 4 is 27.3 Å². The Hall–Kier alpha value is -1.70. The predicted octanol–water partition coefficient (Wildman–Crippen LogP) is 3.27. The third kappa shape index (κ3) is 4.03. The van der Waals surface area contributed by atoms with Crippen LogP contribution >= 0.6 is 11.3 Å². The molecule has 0 bridgehead atoms. The summed E-state index contributed by atoms with van der Waals surface area (Å²) < 4.78 is 26.5. The van der Waals surface area contributed by atoms with Crippen LogP contribution in [0.2, 0.25) is 0 Å². The largest absolute Gasteiger partial charge is 0.345 e. The van der Waals surface area contributed by atoms with E-state index in [1.165, 1.54) is 16.4 Å². The molecule has 0 saturated carbocycles. The first-order valence-electron chi connectivity index (χ1n) is 7.84. The van der Waals surface area contributed by atoms with Gasteiger partial charge < -0.3 is 5.32 Å². The fourth-order valence-corrected chi connectivity index (χ4v) is 4.64. The minimum atomic E-state index is -3.57. The maximum Gasteiger partial charge on any atom is 0.251 e. The van der Waals surface area contributed by atoms with Crippen LogP contribution in [0.25, 0.3) is 0 Å². The number of benzene rings is 1. The normalized spacial score (nSPS) is 13.0. The fourth-order valence-electron chi connectivity index (χ4n) is 2.40. The van der Waals surface area contributed by atoms with E-state index in [1.807, 2.05) is 24.4 Å². The lowest BCUT2D eigenvalue weighted by Gasteiger charge is -2.19. The number of hydrogen-bond donors (Lipinski definition) is 1. The second-order valence-corrected chi connectivity index (χ2v) is 8.24. The van der Waals surface area contributed by atoms with Crippen molar-refractivity contribution in [2.24, 2.45) is 0 Å². The number of sulfonamides is 1. The molecule has 0 aliphatic carbocycles. The highest BCUT2D eigenvalue weighted by Gasteiger charge is 2.22. The van der Waals surface area contributed by atoms with Crippen molar-refractivity contribution in [3.05, 3.63) is 52.2 Å². The van der Waals surface area contributed by atoms with E-state index in [1.54, 1.807) is 37.3 Å². The summed E-state index contributed by atoms with van der Waals surface area (Å²) >= 11 is 1.57. The summed E-state index contributed by atoms with van der Waals surface area (Å²) in [4.78, 5) is 13.6. The lowest BCUT2D eigenvalue weighted by molar-refractivity contribution is 0.0940. The molecule has 5 nitrogen and oxygen atoms in total. The number of nitrogens with zero attached hydrogens (tertiary/aromatic N) is 1. The summed E-state index contributed by atoms with van der Waals surface area (Å²) in [5.74, 6) is -0.285. The summed E-state index contributed by atoms with van der Waals surface area (Å²) in [6.45, 7) is 6.27. The number of amides is 1. The van der Waals surface area contributed by atoms with Crippen molar-refractivity contribution in [3.8, 4) is 0 Å². The molecule has 0 saturated heterocycles. The van der Waals surface area contributed by atoms with Crippen molar-refractivity contribution < 1.29 is 13.2 Å². The van der Waals surface area contributed by atoms with E-state index in [0.29, 0.717) is 18.7 Å². The third-order valence-electron chi connectivity index (χ3n) is 3.76. The lowest BCUT2D eigenvalue weighted by Crippen LogP contribution is -2.31. The van der Waals surface area contributed by atoms with Crippen LogP contribution in [-0.4, -0.2) is 31.7 Å². The van der Waals surface area contributed by atoms with Gasteiger partial charge in [-0.3, -0.25) is 4.79 Å². The smallest absolute Gasteiger partial charge is 0.251 e. The zero-order valence-electron chi connectivity index (χ0n) is 14.0. The standard InChI is InChI=1S/C17H22N2O3S2/c1-4-19(5-2)24(21,22)15-9-6-8-14(12-15)17(20)18-13(3)16-10-7-11-23-16/h6-13H,4-5H2,1-3H3,(H,18,20)/t13-/m1/s1. The second kappa shape index (κ2) is 7.92. The molecule has 2 aromatic rings. The van der Waals surface area contributed by atoms with E-state index in [4.69, 9.17) is 0 Å². The molecular weight excluding hydrogens is 344 g/mol. The van der Waals surface area contributed by atoms with Gasteiger partial charge in [-0.25, -0.2) is 8.42 Å². The van der Waals surface area contributed by atoms with E-state index >= 15 is 0 Å². The molecule has 0 unspecified atom stereocenters. The molecule has 24 heavy (non-hydrogen) atoms. The first-order chi connectivity index (χ1) is 11.4. The van der Waals surface area contributed by atoms with E-state index in [9.17, 15) is 13.2 Å². The zero-order valence-corrected chi connectivity index (χ0v) is 15.7. The Labute approximate surface area is 147 Å². The first-order valence-corrected chi connectivity index (χ1v) is 10.2. The number of thiophene rings is 1. The van der Waals surface area contributed by atoms with Gasteiger partial charge in [0.1, 0.15) is 0 Å². The van der Waals surface area contributed by atoms with Gasteiger partial charge in [0.15, 0.2) is 0 Å². The molecule has 1 atom stereocenters. The Balaban J connectivity index is 2.22. The molecule has 0 radical (unpaired) electrons. The molecule has 130 valence electrons. The van der Waals surface area contributed by atoms with Gasteiger partial charge >= 0.3 is 0 Å². The van der Waals surface area contributed by atoms with E-state index in [2.05, 4.69) is 5.32 Å². The molecule has 0 spiro atoms. The number of carbonyl (C=O) groups excluding carboxylic acids is 1. The third-order valence-corrected chi connectivity index (χ3v) is 6.86. The average Bonchev–Trinajstić information content (AvgIpc) is 3.10. The number of carbonyl (C=O) groups is 1. The molecule has 2 rings (SSSR count). The summed E-state index contributed by atoms with van der Waals surface area (Å²) in [7, 11) is -3.57. The van der Waals surface area contributed by atoms with Crippen molar-refractivity contribution in [1.29, 1.82) is 0 Å². The van der Waals surface area contributed by atoms with Gasteiger partial charge in [-0.1, -0.05) is 26.0 Å². The average molecular weight is 367 g/mol. The van der Waals surface area contributed by atoms with Crippen LogP contribution in [0.4, 0.5) is 0 Å². The summed E-state index contributed by atoms with van der Waals surface area (Å²) in [5, 5.41) is 4.85. The van der Waals surface area contributed by atoms with Crippen LogP contribution in [0.3, 0.4) is 0 Å². The molecule has 0 fully saturated rings. The maximum absolute atomic E-state index is 12.6. The second-order valence-electron chi connectivity index (χ2n) is 5.33. The Morgan fingerprint density at radius 2 is 1.92 bits per heavy atom. The maximum atomic E-state index is 12.6. The van der Waals surface area contributed by atoms with Crippen molar-refractivity contribution in [3.63, 3.8) is 0 Å². The Kier molecular flexibility index (Phi) is 6.15. The first kappa shape index (κ1) is 18.6. The number of rotatable bonds is 7. The van der Waals surface area contributed by atoms with Crippen molar-refractivity contribution in [2.45, 2.75) is 31.7 Å². The Morgan fingerprint density at radius 3 is 2.50 bits per heavy atom. The van der Waals surface area contributed by atoms with Gasteiger partial charge in [-0.15, -0.1) is 11.3 Å². The van der Waals surface area contributed by atoms with E-state index < -0.39 is 10.0 Å². The predicted molar refractivity (Wildman–Crippen MR) is 96.7 cm³/mol. The molecule has 1 heterocycles. The highest BCUT2D eigenvalue weighted by molar-refractivity contribution is 7.89. The summed E-state index contributed by atoms with van der Waals surface area (Å²) in [6.07, 6.45) is 0. The fraction of sp³-hybridized carbons (Fsp3) is 0.353. The van der Waals surface area contributed by atoms with Crippen LogP contribution < -0.4 is 5.32 Å². The number of hydrogen-bond acceptors (Lipinski definition) is 4. The van der Waals surface area contributed by atoms with Crippen LogP contribution in [0, 0.1) is 0 Å². The molecule has 1 N–H and O–H groups in total. The van der Waals surface area contributed by atoms with Gasteiger partial charge in [0.05, 0.1) is 10.9 Å². The van der Waals surface area contributed by atoms with Gasteiger partial charge in [0.2, 0.25) is 10.0 Å². The van der Waals surface area contributed by atoms with Gasteiger partial charge in [-0.2, -0.15) is 4.31 Å². The lowest BCUT2D eigenvalue weighted by atomic mass is 10.2. The molecule has 7 heteroatoms. The molecule has 0 aliphatic rings.